The van der Waals surface area contributed by atoms with Crippen molar-refractivity contribution in [3.8, 4) is 0 Å². The molecule has 15 heavy (non-hydrogen) atoms. The number of H-pyrrole nitrogens is 1. The van der Waals surface area contributed by atoms with Gasteiger partial charge in [-0.1, -0.05) is 0 Å². The number of aromatic nitrogens is 1. The van der Waals surface area contributed by atoms with Gasteiger partial charge in [0.25, 0.3) is 0 Å². The van der Waals surface area contributed by atoms with Crippen LogP contribution in [-0.4, -0.2) is 4.98 Å². The molecule has 0 aliphatic heterocycles. The number of pyridine rings is 1. The number of aromatic amines is 1. The number of aryl methyl sites for hydroxylation is 2. The molecule has 0 spiro atoms. The number of hydrogen-bond donors (Lipinski definition) is 1. The van der Waals surface area contributed by atoms with Gasteiger partial charge in [-0.3, -0.25) is 4.79 Å². The predicted octanol–water partition coefficient (Wildman–Crippen LogP) is 2.54. The number of nitrogens with zero attached hydrogens (tertiary/aromatic N) is 1. The van der Waals surface area contributed by atoms with E-state index in [9.17, 15) is 9.70 Å². The third kappa shape index (κ3) is 1.44. The predicted molar refractivity (Wildman–Crippen MR) is 59.5 cm³/mol. The van der Waals surface area contributed by atoms with Crippen molar-refractivity contribution in [1.29, 1.82) is 0 Å². The average molecular weight is 202 g/mol. The number of nitroso groups, excluding NO2 is 1. The lowest BCUT2D eigenvalue weighted by atomic mass is 10.0. The summed E-state index contributed by atoms with van der Waals surface area (Å²) in [6.45, 7) is 3.62. The Balaban J connectivity index is 2.96. The third-order valence-electron chi connectivity index (χ3n) is 2.53. The van der Waals surface area contributed by atoms with Gasteiger partial charge in [-0.2, -0.15) is 0 Å². The minimum atomic E-state index is -0.145. The number of fused-ring (bicyclic) bond motifs is 1. The Labute approximate surface area is 85.9 Å². The Morgan fingerprint density at radius 3 is 2.67 bits per heavy atom. The highest BCUT2D eigenvalue weighted by Gasteiger charge is 2.08. The van der Waals surface area contributed by atoms with Gasteiger partial charge in [0.15, 0.2) is 0 Å². The first kappa shape index (κ1) is 9.58. The number of benzene rings is 1. The maximum atomic E-state index is 11.1. The first-order chi connectivity index (χ1) is 7.13. The first-order valence-electron chi connectivity index (χ1n) is 4.60. The van der Waals surface area contributed by atoms with Gasteiger partial charge in [0.05, 0.1) is 0 Å². The molecule has 2 aromatic rings. The second-order valence-corrected chi connectivity index (χ2v) is 3.54. The summed E-state index contributed by atoms with van der Waals surface area (Å²) in [7, 11) is 0. The van der Waals surface area contributed by atoms with E-state index in [2.05, 4.69) is 10.2 Å². The summed E-state index contributed by atoms with van der Waals surface area (Å²) >= 11 is 0. The lowest BCUT2D eigenvalue weighted by Gasteiger charge is -2.06. The second-order valence-electron chi connectivity index (χ2n) is 3.54. The highest BCUT2D eigenvalue weighted by atomic mass is 16.3. The number of rotatable bonds is 1. The molecular weight excluding hydrogens is 192 g/mol. The molecule has 0 unspecified atom stereocenters. The molecule has 0 aliphatic rings. The number of hydrogen-bond acceptors (Lipinski definition) is 3. The molecule has 1 heterocycles. The van der Waals surface area contributed by atoms with E-state index in [1.54, 1.807) is 19.1 Å². The molecule has 0 fully saturated rings. The van der Waals surface area contributed by atoms with E-state index in [1.807, 2.05) is 6.92 Å². The minimum Gasteiger partial charge on any atom is -0.322 e. The van der Waals surface area contributed by atoms with Crippen LogP contribution in [0, 0.1) is 18.8 Å². The molecule has 0 radical (unpaired) electrons. The summed E-state index contributed by atoms with van der Waals surface area (Å²) in [4.78, 5) is 24.5. The minimum absolute atomic E-state index is 0.145. The maximum Gasteiger partial charge on any atom is 0.248 e. The monoisotopic (exact) mass is 202 g/mol. The lowest BCUT2D eigenvalue weighted by Crippen LogP contribution is -2.03. The summed E-state index contributed by atoms with van der Waals surface area (Å²) in [5.41, 5.74) is 2.63. The van der Waals surface area contributed by atoms with Gasteiger partial charge >= 0.3 is 0 Å². The van der Waals surface area contributed by atoms with Crippen LogP contribution in [0.15, 0.2) is 28.2 Å². The summed E-state index contributed by atoms with van der Waals surface area (Å²) in [5, 5.41) is 3.86. The lowest BCUT2D eigenvalue weighted by molar-refractivity contribution is 1.27. The third-order valence-corrected chi connectivity index (χ3v) is 2.53. The van der Waals surface area contributed by atoms with Crippen LogP contribution < -0.4 is 5.56 Å². The first-order valence-corrected chi connectivity index (χ1v) is 4.60. The fourth-order valence-electron chi connectivity index (χ4n) is 1.78. The summed E-state index contributed by atoms with van der Waals surface area (Å²) in [6, 6.07) is 4.91. The van der Waals surface area contributed by atoms with Gasteiger partial charge in [0.2, 0.25) is 5.56 Å². The molecule has 0 bridgehead atoms. The van der Waals surface area contributed by atoms with E-state index in [0.29, 0.717) is 5.69 Å². The van der Waals surface area contributed by atoms with Crippen molar-refractivity contribution in [2.45, 2.75) is 13.8 Å². The van der Waals surface area contributed by atoms with Crippen molar-refractivity contribution in [2.24, 2.45) is 5.18 Å². The van der Waals surface area contributed by atoms with Gasteiger partial charge in [-0.25, -0.2) is 0 Å². The smallest absolute Gasteiger partial charge is 0.248 e. The molecule has 76 valence electrons. The molecule has 0 saturated heterocycles. The van der Waals surface area contributed by atoms with Crippen molar-refractivity contribution in [3.05, 3.63) is 44.6 Å². The van der Waals surface area contributed by atoms with E-state index >= 15 is 0 Å². The maximum absolute atomic E-state index is 11.1. The molecule has 2 rings (SSSR count). The summed E-state index contributed by atoms with van der Waals surface area (Å²) in [6.07, 6.45) is 0. The van der Waals surface area contributed by atoms with Crippen molar-refractivity contribution in [2.75, 3.05) is 0 Å². The van der Waals surface area contributed by atoms with Crippen LogP contribution in [-0.2, 0) is 0 Å². The van der Waals surface area contributed by atoms with E-state index in [1.165, 1.54) is 6.07 Å². The SMILES string of the molecule is Cc1cc2[nH]c(=O)ccc2c(C)c1N=O. The van der Waals surface area contributed by atoms with Crippen molar-refractivity contribution in [1.82, 2.24) is 4.98 Å². The fourth-order valence-corrected chi connectivity index (χ4v) is 1.78. The summed E-state index contributed by atoms with van der Waals surface area (Å²) < 4.78 is 0. The zero-order chi connectivity index (χ0) is 11.0. The van der Waals surface area contributed by atoms with Crippen molar-refractivity contribution < 1.29 is 0 Å². The molecule has 0 aliphatic carbocycles. The Morgan fingerprint density at radius 1 is 1.27 bits per heavy atom. The molecule has 1 N–H and O–H groups in total. The van der Waals surface area contributed by atoms with Crippen molar-refractivity contribution >= 4 is 16.6 Å². The highest BCUT2D eigenvalue weighted by Crippen LogP contribution is 2.29. The van der Waals surface area contributed by atoms with E-state index in [-0.39, 0.29) is 5.56 Å². The second kappa shape index (κ2) is 3.31. The Hall–Kier alpha value is -1.97. The molecule has 1 aromatic carbocycles. The van der Waals surface area contributed by atoms with Crippen molar-refractivity contribution in [3.63, 3.8) is 0 Å². The fraction of sp³-hybridized carbons (Fsp3) is 0.182. The molecule has 0 saturated carbocycles. The van der Waals surface area contributed by atoms with E-state index in [4.69, 9.17) is 0 Å². The number of nitrogens with one attached hydrogen (secondary N) is 1. The molecule has 1 aromatic heterocycles. The average Bonchev–Trinajstić information content (AvgIpc) is 2.17. The Bertz CT molecular complexity index is 599. The zero-order valence-corrected chi connectivity index (χ0v) is 8.50. The summed E-state index contributed by atoms with van der Waals surface area (Å²) in [5.74, 6) is 0. The van der Waals surface area contributed by atoms with E-state index in [0.717, 1.165) is 22.0 Å². The van der Waals surface area contributed by atoms with Gasteiger partial charge in [0.1, 0.15) is 5.69 Å². The molecular formula is C11H10N2O2. The molecule has 4 heteroatoms. The van der Waals surface area contributed by atoms with Crippen LogP contribution in [0.4, 0.5) is 5.69 Å². The van der Waals surface area contributed by atoms with Crippen LogP contribution in [0.25, 0.3) is 10.9 Å². The normalized spacial score (nSPS) is 10.5. The Kier molecular flexibility index (Phi) is 2.11. The van der Waals surface area contributed by atoms with Gasteiger partial charge in [-0.15, -0.1) is 4.91 Å². The topological polar surface area (TPSA) is 62.3 Å². The molecule has 4 nitrogen and oxygen atoms in total. The van der Waals surface area contributed by atoms with Crippen LogP contribution in [0.5, 0.6) is 0 Å². The van der Waals surface area contributed by atoms with E-state index < -0.39 is 0 Å². The zero-order valence-electron chi connectivity index (χ0n) is 8.50. The van der Waals surface area contributed by atoms with Crippen LogP contribution in [0.2, 0.25) is 0 Å². The van der Waals surface area contributed by atoms with Crippen LogP contribution in [0.3, 0.4) is 0 Å². The van der Waals surface area contributed by atoms with Gasteiger partial charge in [-0.05, 0) is 42.3 Å². The largest absolute Gasteiger partial charge is 0.322 e. The quantitative estimate of drug-likeness (QED) is 0.722. The highest BCUT2D eigenvalue weighted by molar-refractivity contribution is 5.87. The standard InChI is InChI=1S/C11H10N2O2/c1-6-5-9-8(3-4-10(14)12-9)7(2)11(6)13-15/h3-5H,1-2H3,(H,12,14). The van der Waals surface area contributed by atoms with Gasteiger partial charge < -0.3 is 4.98 Å². The van der Waals surface area contributed by atoms with Crippen LogP contribution in [0.1, 0.15) is 11.1 Å². The van der Waals surface area contributed by atoms with Crippen LogP contribution >= 0.6 is 0 Å². The molecule has 0 atom stereocenters. The Morgan fingerprint density at radius 2 is 2.00 bits per heavy atom. The van der Waals surface area contributed by atoms with Gasteiger partial charge in [0, 0.05) is 17.0 Å². The molecule has 0 amide bonds.